The van der Waals surface area contributed by atoms with Crippen LogP contribution >= 0.6 is 0 Å². The number of hydrogen-bond acceptors (Lipinski definition) is 4. The third-order valence-corrected chi connectivity index (χ3v) is 5.15. The first-order chi connectivity index (χ1) is 11.0. The highest BCUT2D eigenvalue weighted by Crippen LogP contribution is 2.52. The standard InChI is InChI=1S/C18H19NO4/c1-11-3-5-12(6-4-11)9-19-10-18-8-7-13(23-18)14(17(21)22-2)15(18)16(19)20/h3-8,13-15H,9-10H2,1-2H3. The molecule has 4 atom stereocenters. The van der Waals surface area contributed by atoms with E-state index in [1.807, 2.05) is 43.3 Å². The second-order valence-electron chi connectivity index (χ2n) is 6.60. The van der Waals surface area contributed by atoms with Gasteiger partial charge in [-0.3, -0.25) is 9.59 Å². The summed E-state index contributed by atoms with van der Waals surface area (Å²) in [6.07, 6.45) is 3.51. The number of carbonyl (C=O) groups is 2. The number of esters is 1. The van der Waals surface area contributed by atoms with Gasteiger partial charge >= 0.3 is 5.97 Å². The molecule has 5 heteroatoms. The van der Waals surface area contributed by atoms with E-state index in [2.05, 4.69) is 0 Å². The molecule has 2 bridgehead atoms. The average molecular weight is 313 g/mol. The van der Waals surface area contributed by atoms with Gasteiger partial charge in [0.15, 0.2) is 0 Å². The van der Waals surface area contributed by atoms with Gasteiger partial charge in [0.05, 0.1) is 25.7 Å². The molecule has 0 aliphatic carbocycles. The van der Waals surface area contributed by atoms with Crippen molar-refractivity contribution in [1.29, 1.82) is 0 Å². The number of benzene rings is 1. The van der Waals surface area contributed by atoms with Crippen LogP contribution in [0.15, 0.2) is 36.4 Å². The molecule has 3 aliphatic rings. The number of ether oxygens (including phenoxy) is 2. The fourth-order valence-corrected chi connectivity index (χ4v) is 4.03. The lowest BCUT2D eigenvalue weighted by molar-refractivity contribution is -0.151. The minimum atomic E-state index is -0.661. The zero-order chi connectivity index (χ0) is 16.2. The van der Waals surface area contributed by atoms with Crippen LogP contribution in [-0.2, 0) is 25.6 Å². The Morgan fingerprint density at radius 1 is 1.39 bits per heavy atom. The number of methoxy groups -OCH3 is 1. The van der Waals surface area contributed by atoms with Crippen molar-refractivity contribution < 1.29 is 19.1 Å². The topological polar surface area (TPSA) is 55.8 Å². The van der Waals surface area contributed by atoms with Gasteiger partial charge in [-0.2, -0.15) is 0 Å². The number of rotatable bonds is 3. The second kappa shape index (κ2) is 4.93. The highest BCUT2D eigenvalue weighted by atomic mass is 16.5. The van der Waals surface area contributed by atoms with Crippen molar-refractivity contribution in [2.45, 2.75) is 25.2 Å². The number of amides is 1. The second-order valence-corrected chi connectivity index (χ2v) is 6.60. The van der Waals surface area contributed by atoms with Crippen LogP contribution in [0.2, 0.25) is 0 Å². The molecule has 2 saturated heterocycles. The Morgan fingerprint density at radius 2 is 2.13 bits per heavy atom. The Bertz CT molecular complexity index is 695. The van der Waals surface area contributed by atoms with Gasteiger partial charge in [0.2, 0.25) is 5.91 Å². The van der Waals surface area contributed by atoms with Gasteiger partial charge in [-0.25, -0.2) is 0 Å². The summed E-state index contributed by atoms with van der Waals surface area (Å²) < 4.78 is 10.9. The van der Waals surface area contributed by atoms with Crippen molar-refractivity contribution >= 4 is 11.9 Å². The van der Waals surface area contributed by atoms with Gasteiger partial charge in [-0.1, -0.05) is 42.0 Å². The molecule has 4 rings (SSSR count). The molecule has 0 N–H and O–H groups in total. The summed E-state index contributed by atoms with van der Waals surface area (Å²) in [5.41, 5.74) is 1.60. The molecule has 0 radical (unpaired) electrons. The van der Waals surface area contributed by atoms with Crippen LogP contribution in [0.3, 0.4) is 0 Å². The SMILES string of the molecule is COC(=O)C1C2C=CC3(CN(Cc4ccc(C)cc4)C(=O)C13)O2. The van der Waals surface area contributed by atoms with E-state index < -0.39 is 17.4 Å². The number of aryl methyl sites for hydroxylation is 1. The van der Waals surface area contributed by atoms with Gasteiger partial charge in [0.1, 0.15) is 11.5 Å². The Hall–Kier alpha value is -2.14. The lowest BCUT2D eigenvalue weighted by Crippen LogP contribution is -2.39. The molecule has 2 fully saturated rings. The largest absolute Gasteiger partial charge is 0.469 e. The summed E-state index contributed by atoms with van der Waals surface area (Å²) >= 11 is 0. The van der Waals surface area contributed by atoms with Crippen LogP contribution in [0, 0.1) is 18.8 Å². The predicted molar refractivity (Wildman–Crippen MR) is 82.3 cm³/mol. The Labute approximate surface area is 134 Å². The normalized spacial score (nSPS) is 34.1. The maximum absolute atomic E-state index is 12.9. The highest BCUT2D eigenvalue weighted by Gasteiger charge is 2.67. The Morgan fingerprint density at radius 3 is 2.83 bits per heavy atom. The summed E-state index contributed by atoms with van der Waals surface area (Å²) in [6, 6.07) is 8.13. The molecule has 1 aromatic rings. The molecule has 4 unspecified atom stereocenters. The van der Waals surface area contributed by atoms with Crippen molar-refractivity contribution in [3.63, 3.8) is 0 Å². The van der Waals surface area contributed by atoms with E-state index in [4.69, 9.17) is 9.47 Å². The lowest BCUT2D eigenvalue weighted by atomic mass is 9.77. The summed E-state index contributed by atoms with van der Waals surface area (Å²) in [4.78, 5) is 26.8. The fourth-order valence-electron chi connectivity index (χ4n) is 4.03. The molecule has 3 aliphatic heterocycles. The van der Waals surface area contributed by atoms with Crippen molar-refractivity contribution in [1.82, 2.24) is 4.90 Å². The molecule has 1 amide bonds. The first kappa shape index (κ1) is 14.5. The number of likely N-dealkylation sites (tertiary alicyclic amines) is 1. The minimum absolute atomic E-state index is 0.0205. The van der Waals surface area contributed by atoms with Crippen molar-refractivity contribution in [3.05, 3.63) is 47.5 Å². The smallest absolute Gasteiger partial charge is 0.312 e. The third-order valence-electron chi connectivity index (χ3n) is 5.15. The summed E-state index contributed by atoms with van der Waals surface area (Å²) in [5, 5.41) is 0. The van der Waals surface area contributed by atoms with E-state index in [-0.39, 0.29) is 18.0 Å². The number of hydrogen-bond donors (Lipinski definition) is 0. The van der Waals surface area contributed by atoms with Crippen molar-refractivity contribution in [2.75, 3.05) is 13.7 Å². The van der Waals surface area contributed by atoms with Crippen LogP contribution in [-0.4, -0.2) is 42.1 Å². The maximum Gasteiger partial charge on any atom is 0.312 e. The van der Waals surface area contributed by atoms with Crippen LogP contribution in [0.4, 0.5) is 0 Å². The first-order valence-corrected chi connectivity index (χ1v) is 7.83. The van der Waals surface area contributed by atoms with E-state index in [1.165, 1.54) is 12.7 Å². The van der Waals surface area contributed by atoms with Gasteiger partial charge < -0.3 is 14.4 Å². The zero-order valence-corrected chi connectivity index (χ0v) is 13.2. The lowest BCUT2D eigenvalue weighted by Gasteiger charge is -2.22. The van der Waals surface area contributed by atoms with Crippen molar-refractivity contribution in [3.8, 4) is 0 Å². The van der Waals surface area contributed by atoms with E-state index in [9.17, 15) is 9.59 Å². The van der Waals surface area contributed by atoms with Gasteiger partial charge in [0, 0.05) is 6.54 Å². The maximum atomic E-state index is 12.9. The predicted octanol–water partition coefficient (Wildman–Crippen LogP) is 1.45. The molecular weight excluding hydrogens is 294 g/mol. The molecule has 1 aromatic carbocycles. The molecule has 1 spiro atoms. The first-order valence-electron chi connectivity index (χ1n) is 7.83. The van der Waals surface area contributed by atoms with Crippen LogP contribution < -0.4 is 0 Å². The molecular formula is C18H19NO4. The molecule has 120 valence electrons. The Kier molecular flexibility index (Phi) is 3.10. The van der Waals surface area contributed by atoms with Crippen LogP contribution in [0.25, 0.3) is 0 Å². The van der Waals surface area contributed by atoms with E-state index in [0.29, 0.717) is 13.1 Å². The van der Waals surface area contributed by atoms with E-state index in [0.717, 1.165) is 5.56 Å². The van der Waals surface area contributed by atoms with Crippen LogP contribution in [0.1, 0.15) is 11.1 Å². The minimum Gasteiger partial charge on any atom is -0.469 e. The number of fused-ring (bicyclic) bond motifs is 1. The molecule has 23 heavy (non-hydrogen) atoms. The fraction of sp³-hybridized carbons (Fsp3) is 0.444. The van der Waals surface area contributed by atoms with E-state index in [1.54, 1.807) is 4.90 Å². The molecule has 0 aromatic heterocycles. The summed E-state index contributed by atoms with van der Waals surface area (Å²) in [6.45, 7) is 3.06. The molecule has 0 saturated carbocycles. The van der Waals surface area contributed by atoms with Crippen LogP contribution in [0.5, 0.6) is 0 Å². The molecule has 3 heterocycles. The molecule has 5 nitrogen and oxygen atoms in total. The zero-order valence-electron chi connectivity index (χ0n) is 13.2. The highest BCUT2D eigenvalue weighted by molar-refractivity contribution is 5.91. The third kappa shape index (κ3) is 2.03. The number of carbonyl (C=O) groups excluding carboxylic acids is 2. The monoisotopic (exact) mass is 313 g/mol. The average Bonchev–Trinajstić information content (AvgIpc) is 3.18. The van der Waals surface area contributed by atoms with Crippen molar-refractivity contribution in [2.24, 2.45) is 11.8 Å². The van der Waals surface area contributed by atoms with E-state index >= 15 is 0 Å². The Balaban J connectivity index is 1.60. The van der Waals surface area contributed by atoms with Gasteiger partial charge in [-0.05, 0) is 12.5 Å². The number of nitrogens with zero attached hydrogens (tertiary/aromatic N) is 1. The summed E-state index contributed by atoms with van der Waals surface area (Å²) in [5.74, 6) is -1.37. The van der Waals surface area contributed by atoms with Gasteiger partial charge in [0.25, 0.3) is 0 Å². The van der Waals surface area contributed by atoms with Gasteiger partial charge in [-0.15, -0.1) is 0 Å². The quantitative estimate of drug-likeness (QED) is 0.626. The summed E-state index contributed by atoms with van der Waals surface area (Å²) in [7, 11) is 1.36.